The van der Waals surface area contributed by atoms with Crippen LogP contribution in [0.4, 0.5) is 5.69 Å². The maximum absolute atomic E-state index is 12.5. The van der Waals surface area contributed by atoms with Crippen LogP contribution in [0.2, 0.25) is 15.1 Å². The number of carbonyl (C=O) groups is 1. The lowest BCUT2D eigenvalue weighted by Gasteiger charge is -2.11. The molecule has 0 aliphatic heterocycles. The smallest absolute Gasteiger partial charge is 0.266 e. The first kappa shape index (κ1) is 21.7. The van der Waals surface area contributed by atoms with E-state index in [2.05, 4.69) is 5.32 Å². The first-order valence-corrected chi connectivity index (χ1v) is 9.94. The molecule has 0 atom stereocenters. The van der Waals surface area contributed by atoms with Gasteiger partial charge >= 0.3 is 0 Å². The minimum atomic E-state index is -0.546. The predicted octanol–water partition coefficient (Wildman–Crippen LogP) is 6.77. The van der Waals surface area contributed by atoms with E-state index in [1.165, 1.54) is 6.08 Å². The Hall–Kier alpha value is -2.97. The molecule has 4 nitrogen and oxygen atoms in total. The fourth-order valence-corrected chi connectivity index (χ4v) is 3.25. The van der Waals surface area contributed by atoms with Gasteiger partial charge in [0, 0.05) is 31.9 Å². The summed E-state index contributed by atoms with van der Waals surface area (Å²) in [6, 6.07) is 20.9. The molecule has 7 heteroatoms. The van der Waals surface area contributed by atoms with Gasteiger partial charge in [0.1, 0.15) is 24.0 Å². The summed E-state index contributed by atoms with van der Waals surface area (Å²) in [4.78, 5) is 12.5. The molecule has 0 heterocycles. The number of hydrogen-bond donors (Lipinski definition) is 1. The van der Waals surface area contributed by atoms with Gasteiger partial charge < -0.3 is 10.1 Å². The van der Waals surface area contributed by atoms with Gasteiger partial charge in [-0.3, -0.25) is 4.79 Å². The summed E-state index contributed by atoms with van der Waals surface area (Å²) < 4.78 is 5.87. The molecule has 1 N–H and O–H groups in total. The molecule has 0 spiro atoms. The highest BCUT2D eigenvalue weighted by Gasteiger charge is 2.12. The zero-order valence-corrected chi connectivity index (χ0v) is 17.8. The Morgan fingerprint density at radius 1 is 1.00 bits per heavy atom. The summed E-state index contributed by atoms with van der Waals surface area (Å²) in [5.74, 6) is -0.0397. The number of rotatable bonds is 6. The van der Waals surface area contributed by atoms with Crippen LogP contribution in [-0.4, -0.2) is 5.91 Å². The molecule has 0 saturated heterocycles. The predicted molar refractivity (Wildman–Crippen MR) is 121 cm³/mol. The van der Waals surface area contributed by atoms with Gasteiger partial charge in [-0.1, -0.05) is 65.1 Å². The van der Waals surface area contributed by atoms with Gasteiger partial charge in [0.2, 0.25) is 0 Å². The van der Waals surface area contributed by atoms with Crippen LogP contribution in [0.5, 0.6) is 5.75 Å². The SMILES string of the molecule is N#C/C(=C\c1ccccc1OCc1ccc(Cl)cc1Cl)C(=O)Nc1cccc(Cl)c1. The quantitative estimate of drug-likeness (QED) is 0.328. The lowest BCUT2D eigenvalue weighted by molar-refractivity contribution is -0.112. The number of amides is 1. The molecule has 3 aromatic carbocycles. The third-order valence-electron chi connectivity index (χ3n) is 4.06. The van der Waals surface area contributed by atoms with Gasteiger partial charge in [0.25, 0.3) is 5.91 Å². The number of carbonyl (C=O) groups excluding carboxylic acids is 1. The molecular formula is C23H15Cl3N2O2. The number of hydrogen-bond acceptors (Lipinski definition) is 3. The second kappa shape index (κ2) is 10.2. The second-order valence-corrected chi connectivity index (χ2v) is 7.48. The van der Waals surface area contributed by atoms with Crippen molar-refractivity contribution in [3.8, 4) is 11.8 Å². The monoisotopic (exact) mass is 456 g/mol. The van der Waals surface area contributed by atoms with Crippen LogP contribution in [0.3, 0.4) is 0 Å². The zero-order valence-electron chi connectivity index (χ0n) is 15.5. The minimum Gasteiger partial charge on any atom is -0.488 e. The summed E-state index contributed by atoms with van der Waals surface area (Å²) in [7, 11) is 0. The van der Waals surface area contributed by atoms with Crippen LogP contribution in [0.25, 0.3) is 6.08 Å². The van der Waals surface area contributed by atoms with Gasteiger partial charge in [-0.05, 0) is 42.5 Å². The Bertz CT molecular complexity index is 1150. The highest BCUT2D eigenvalue weighted by Crippen LogP contribution is 2.26. The number of para-hydroxylation sites is 1. The molecule has 0 aromatic heterocycles. The van der Waals surface area contributed by atoms with Crippen molar-refractivity contribution in [2.75, 3.05) is 5.32 Å². The van der Waals surface area contributed by atoms with E-state index in [0.717, 1.165) is 5.56 Å². The maximum Gasteiger partial charge on any atom is 0.266 e. The maximum atomic E-state index is 12.5. The molecule has 0 bridgehead atoms. The summed E-state index contributed by atoms with van der Waals surface area (Å²) >= 11 is 18.0. The number of anilines is 1. The number of nitrogens with one attached hydrogen (secondary N) is 1. The molecule has 150 valence electrons. The van der Waals surface area contributed by atoms with E-state index in [9.17, 15) is 10.1 Å². The largest absolute Gasteiger partial charge is 0.488 e. The lowest BCUT2D eigenvalue weighted by atomic mass is 10.1. The standard InChI is InChI=1S/C23H15Cl3N2O2/c24-18-5-3-6-20(11-18)28-23(29)17(13-27)10-15-4-1-2-7-22(15)30-14-16-8-9-19(25)12-21(16)26/h1-12H,14H2,(H,28,29)/b17-10+. The normalized spacial score (nSPS) is 10.9. The third kappa shape index (κ3) is 5.77. The number of nitriles is 1. The average molecular weight is 458 g/mol. The molecule has 0 aliphatic carbocycles. The number of ether oxygens (including phenoxy) is 1. The molecule has 3 rings (SSSR count). The van der Waals surface area contributed by atoms with Crippen LogP contribution >= 0.6 is 34.8 Å². The second-order valence-electron chi connectivity index (χ2n) is 6.20. The summed E-state index contributed by atoms with van der Waals surface area (Å²) in [6.07, 6.45) is 1.47. The van der Waals surface area contributed by atoms with Crippen molar-refractivity contribution in [2.24, 2.45) is 0 Å². The van der Waals surface area contributed by atoms with E-state index in [-0.39, 0.29) is 12.2 Å². The van der Waals surface area contributed by atoms with E-state index < -0.39 is 5.91 Å². The van der Waals surface area contributed by atoms with E-state index in [0.29, 0.717) is 32.1 Å². The molecule has 0 aliphatic rings. The first-order valence-electron chi connectivity index (χ1n) is 8.81. The summed E-state index contributed by atoms with van der Waals surface area (Å²) in [5, 5.41) is 13.6. The first-order chi connectivity index (χ1) is 14.5. The Morgan fingerprint density at radius 2 is 1.77 bits per heavy atom. The summed E-state index contributed by atoms with van der Waals surface area (Å²) in [5.41, 5.74) is 1.77. The fraction of sp³-hybridized carbons (Fsp3) is 0.0435. The van der Waals surface area contributed by atoms with E-state index in [1.54, 1.807) is 66.7 Å². The average Bonchev–Trinajstić information content (AvgIpc) is 2.72. The van der Waals surface area contributed by atoms with E-state index in [4.69, 9.17) is 39.5 Å². The van der Waals surface area contributed by atoms with Crippen molar-refractivity contribution in [3.05, 3.63) is 98.5 Å². The molecule has 0 saturated carbocycles. The fourth-order valence-electron chi connectivity index (χ4n) is 2.59. The topological polar surface area (TPSA) is 62.1 Å². The van der Waals surface area contributed by atoms with Gasteiger partial charge in [-0.25, -0.2) is 0 Å². The molecule has 0 fully saturated rings. The summed E-state index contributed by atoms with van der Waals surface area (Å²) in [6.45, 7) is 0.206. The van der Waals surface area contributed by atoms with Crippen LogP contribution in [0.15, 0.2) is 72.3 Å². The molecule has 0 unspecified atom stereocenters. The highest BCUT2D eigenvalue weighted by atomic mass is 35.5. The Balaban J connectivity index is 1.79. The van der Waals surface area contributed by atoms with Crippen molar-refractivity contribution >= 4 is 52.5 Å². The molecule has 3 aromatic rings. The third-order valence-corrected chi connectivity index (χ3v) is 4.89. The minimum absolute atomic E-state index is 0.0736. The van der Waals surface area contributed by atoms with Crippen LogP contribution in [-0.2, 0) is 11.4 Å². The van der Waals surface area contributed by atoms with E-state index in [1.807, 2.05) is 6.07 Å². The van der Waals surface area contributed by atoms with Gasteiger partial charge in [-0.2, -0.15) is 5.26 Å². The Morgan fingerprint density at radius 3 is 2.50 bits per heavy atom. The van der Waals surface area contributed by atoms with Crippen molar-refractivity contribution < 1.29 is 9.53 Å². The molecule has 30 heavy (non-hydrogen) atoms. The van der Waals surface area contributed by atoms with Crippen molar-refractivity contribution in [1.29, 1.82) is 5.26 Å². The molecule has 1 amide bonds. The number of halogens is 3. The van der Waals surface area contributed by atoms with Crippen molar-refractivity contribution in [3.63, 3.8) is 0 Å². The highest BCUT2D eigenvalue weighted by molar-refractivity contribution is 6.35. The van der Waals surface area contributed by atoms with Crippen LogP contribution < -0.4 is 10.1 Å². The van der Waals surface area contributed by atoms with Gasteiger partial charge in [-0.15, -0.1) is 0 Å². The van der Waals surface area contributed by atoms with Crippen LogP contribution in [0.1, 0.15) is 11.1 Å². The van der Waals surface area contributed by atoms with Crippen molar-refractivity contribution in [2.45, 2.75) is 6.61 Å². The van der Waals surface area contributed by atoms with E-state index >= 15 is 0 Å². The van der Waals surface area contributed by atoms with Crippen LogP contribution in [0, 0.1) is 11.3 Å². The number of benzene rings is 3. The molecular weight excluding hydrogens is 443 g/mol. The zero-order chi connectivity index (χ0) is 21.5. The Labute approximate surface area is 189 Å². The Kier molecular flexibility index (Phi) is 7.37. The van der Waals surface area contributed by atoms with Crippen molar-refractivity contribution in [1.82, 2.24) is 0 Å². The van der Waals surface area contributed by atoms with Gasteiger partial charge in [0.15, 0.2) is 0 Å². The molecule has 0 radical (unpaired) electrons. The number of nitrogens with zero attached hydrogens (tertiary/aromatic N) is 1. The lowest BCUT2D eigenvalue weighted by Crippen LogP contribution is -2.13. The van der Waals surface area contributed by atoms with Gasteiger partial charge in [0.05, 0.1) is 0 Å².